The molecule has 32 heavy (non-hydrogen) atoms. The summed E-state index contributed by atoms with van der Waals surface area (Å²) in [5, 5.41) is 13.6. The summed E-state index contributed by atoms with van der Waals surface area (Å²) in [5.74, 6) is -2.20. The molecular formula is C22H21F2N5O3. The number of rotatable bonds is 8. The minimum Gasteiger partial charge on any atom is -0.487 e. The first-order chi connectivity index (χ1) is 15.4. The molecule has 0 atom stereocenters. The zero-order valence-corrected chi connectivity index (χ0v) is 17.3. The minimum absolute atomic E-state index is 0.0321. The van der Waals surface area contributed by atoms with Gasteiger partial charge < -0.3 is 15.4 Å². The number of carbonyl (C=O) groups is 2. The van der Waals surface area contributed by atoms with Crippen molar-refractivity contribution in [1.82, 2.24) is 25.6 Å². The number of aromatic nitrogens is 3. The summed E-state index contributed by atoms with van der Waals surface area (Å²) in [6.45, 7) is 2.12. The first-order valence-electron chi connectivity index (χ1n) is 10.2. The Morgan fingerprint density at radius 3 is 2.41 bits per heavy atom. The molecule has 166 valence electrons. The van der Waals surface area contributed by atoms with Crippen molar-refractivity contribution in [3.05, 3.63) is 71.1 Å². The van der Waals surface area contributed by atoms with Crippen LogP contribution in [0.25, 0.3) is 5.69 Å². The molecule has 0 unspecified atom stereocenters. The Balaban J connectivity index is 1.63. The molecule has 2 N–H and O–H groups in total. The maximum atomic E-state index is 13.5. The van der Waals surface area contributed by atoms with Gasteiger partial charge in [-0.25, -0.2) is 13.5 Å². The Kier molecular flexibility index (Phi) is 6.11. The lowest BCUT2D eigenvalue weighted by molar-refractivity contribution is 0.0939. The van der Waals surface area contributed by atoms with Gasteiger partial charge in [0.25, 0.3) is 11.8 Å². The second-order valence-corrected chi connectivity index (χ2v) is 7.34. The monoisotopic (exact) mass is 441 g/mol. The van der Waals surface area contributed by atoms with E-state index in [1.807, 2.05) is 6.92 Å². The van der Waals surface area contributed by atoms with E-state index in [9.17, 15) is 18.4 Å². The van der Waals surface area contributed by atoms with Crippen molar-refractivity contribution >= 4 is 11.8 Å². The molecule has 2 aromatic carbocycles. The zero-order chi connectivity index (χ0) is 22.7. The molecule has 0 bridgehead atoms. The molecule has 4 rings (SSSR count). The summed E-state index contributed by atoms with van der Waals surface area (Å²) < 4.78 is 34.0. The van der Waals surface area contributed by atoms with E-state index in [2.05, 4.69) is 20.9 Å². The average Bonchev–Trinajstić information content (AvgIpc) is 3.47. The Bertz CT molecular complexity index is 1120. The molecule has 0 radical (unpaired) electrons. The number of ether oxygens (including phenoxy) is 1. The number of hydrogen-bond donors (Lipinski definition) is 2. The van der Waals surface area contributed by atoms with Crippen LogP contribution in [0.5, 0.6) is 5.75 Å². The Morgan fingerprint density at radius 1 is 1.09 bits per heavy atom. The van der Waals surface area contributed by atoms with E-state index < -0.39 is 17.5 Å². The lowest BCUT2D eigenvalue weighted by Gasteiger charge is -2.11. The van der Waals surface area contributed by atoms with E-state index in [1.54, 1.807) is 24.3 Å². The van der Waals surface area contributed by atoms with Crippen LogP contribution in [0, 0.1) is 11.6 Å². The summed E-state index contributed by atoms with van der Waals surface area (Å²) in [6, 6.07) is 9.50. The summed E-state index contributed by atoms with van der Waals surface area (Å²) in [4.78, 5) is 24.6. The van der Waals surface area contributed by atoms with Gasteiger partial charge in [-0.05, 0) is 44.0 Å². The van der Waals surface area contributed by atoms with Crippen LogP contribution < -0.4 is 15.4 Å². The van der Waals surface area contributed by atoms with E-state index in [1.165, 1.54) is 4.68 Å². The third kappa shape index (κ3) is 4.90. The number of hydrogen-bond acceptors (Lipinski definition) is 5. The second-order valence-electron chi connectivity index (χ2n) is 7.34. The van der Waals surface area contributed by atoms with Gasteiger partial charge in [0.05, 0.1) is 5.69 Å². The number of carbonyl (C=O) groups excluding carboxylic acids is 2. The van der Waals surface area contributed by atoms with Crippen LogP contribution in [0.3, 0.4) is 0 Å². The topological polar surface area (TPSA) is 98.1 Å². The van der Waals surface area contributed by atoms with Crippen molar-refractivity contribution in [2.75, 3.05) is 6.54 Å². The largest absolute Gasteiger partial charge is 0.487 e. The molecule has 0 saturated heterocycles. The summed E-state index contributed by atoms with van der Waals surface area (Å²) in [6.07, 6.45) is 1.80. The predicted molar refractivity (Wildman–Crippen MR) is 111 cm³/mol. The van der Waals surface area contributed by atoms with Crippen molar-refractivity contribution in [1.29, 1.82) is 0 Å². The van der Waals surface area contributed by atoms with Crippen LogP contribution in [0.2, 0.25) is 0 Å². The highest BCUT2D eigenvalue weighted by Crippen LogP contribution is 2.22. The summed E-state index contributed by atoms with van der Waals surface area (Å²) in [7, 11) is 0. The highest BCUT2D eigenvalue weighted by atomic mass is 19.1. The standard InChI is InChI=1S/C22H21F2N5O3/c1-2-25-21(30)13-3-7-17(8-4-13)29-19(12-32-18-10-14(23)9-15(24)11-18)20(27-28-29)22(31)26-16-5-6-16/h3-4,7-11,16H,2,5-6,12H2,1H3,(H,25,30)(H,26,31). The molecule has 0 spiro atoms. The van der Waals surface area contributed by atoms with Crippen LogP contribution in [0.1, 0.15) is 46.3 Å². The fraction of sp³-hybridized carbons (Fsp3) is 0.273. The van der Waals surface area contributed by atoms with Crippen molar-refractivity contribution in [2.45, 2.75) is 32.4 Å². The van der Waals surface area contributed by atoms with Gasteiger partial charge >= 0.3 is 0 Å². The average molecular weight is 441 g/mol. The number of benzene rings is 2. The highest BCUT2D eigenvalue weighted by molar-refractivity contribution is 5.94. The SMILES string of the molecule is CCNC(=O)c1ccc(-n2nnc(C(=O)NC3CC3)c2COc2cc(F)cc(F)c2)cc1. The molecule has 2 amide bonds. The zero-order valence-electron chi connectivity index (χ0n) is 17.3. The Morgan fingerprint density at radius 2 is 1.78 bits per heavy atom. The van der Waals surface area contributed by atoms with Gasteiger partial charge in [0.15, 0.2) is 5.69 Å². The normalized spacial score (nSPS) is 13.0. The van der Waals surface area contributed by atoms with Gasteiger partial charge in [-0.2, -0.15) is 0 Å². The van der Waals surface area contributed by atoms with Crippen molar-refractivity contribution in [2.24, 2.45) is 0 Å². The van der Waals surface area contributed by atoms with E-state index >= 15 is 0 Å². The molecule has 1 fully saturated rings. The number of nitrogens with zero attached hydrogens (tertiary/aromatic N) is 3. The Labute approximate surface area is 182 Å². The molecule has 1 heterocycles. The van der Waals surface area contributed by atoms with Crippen LogP contribution >= 0.6 is 0 Å². The van der Waals surface area contributed by atoms with Gasteiger partial charge in [0.1, 0.15) is 29.7 Å². The minimum atomic E-state index is -0.778. The van der Waals surface area contributed by atoms with E-state index in [0.29, 0.717) is 23.5 Å². The predicted octanol–water partition coefficient (Wildman–Crippen LogP) is 2.77. The van der Waals surface area contributed by atoms with Crippen LogP contribution in [-0.2, 0) is 6.61 Å². The van der Waals surface area contributed by atoms with Crippen molar-refractivity contribution in [3.63, 3.8) is 0 Å². The van der Waals surface area contributed by atoms with Gasteiger partial charge in [-0.3, -0.25) is 9.59 Å². The molecule has 1 aromatic heterocycles. The van der Waals surface area contributed by atoms with E-state index in [-0.39, 0.29) is 30.0 Å². The molecule has 10 heteroatoms. The first kappa shape index (κ1) is 21.4. The van der Waals surface area contributed by atoms with Gasteiger partial charge in [0.2, 0.25) is 0 Å². The van der Waals surface area contributed by atoms with E-state index in [4.69, 9.17) is 4.74 Å². The molecule has 1 aliphatic carbocycles. The smallest absolute Gasteiger partial charge is 0.274 e. The molecule has 1 aliphatic rings. The molecule has 1 saturated carbocycles. The quantitative estimate of drug-likeness (QED) is 0.560. The van der Waals surface area contributed by atoms with Gasteiger partial charge in [-0.15, -0.1) is 5.10 Å². The summed E-state index contributed by atoms with van der Waals surface area (Å²) >= 11 is 0. The van der Waals surface area contributed by atoms with Gasteiger partial charge in [0, 0.05) is 36.3 Å². The first-order valence-corrected chi connectivity index (χ1v) is 10.2. The van der Waals surface area contributed by atoms with Crippen LogP contribution in [0.4, 0.5) is 8.78 Å². The molecular weight excluding hydrogens is 420 g/mol. The van der Waals surface area contributed by atoms with Crippen LogP contribution in [0.15, 0.2) is 42.5 Å². The number of halogens is 2. The lowest BCUT2D eigenvalue weighted by Crippen LogP contribution is -2.27. The third-order valence-electron chi connectivity index (χ3n) is 4.81. The number of amides is 2. The van der Waals surface area contributed by atoms with Gasteiger partial charge in [-0.1, -0.05) is 5.21 Å². The lowest BCUT2D eigenvalue weighted by atomic mass is 10.2. The third-order valence-corrected chi connectivity index (χ3v) is 4.81. The van der Waals surface area contributed by atoms with E-state index in [0.717, 1.165) is 31.0 Å². The van der Waals surface area contributed by atoms with Crippen LogP contribution in [-0.4, -0.2) is 39.4 Å². The fourth-order valence-electron chi connectivity index (χ4n) is 3.08. The highest BCUT2D eigenvalue weighted by Gasteiger charge is 2.28. The molecule has 3 aromatic rings. The molecule has 8 nitrogen and oxygen atoms in total. The maximum Gasteiger partial charge on any atom is 0.274 e. The van der Waals surface area contributed by atoms with Crippen molar-refractivity contribution in [3.8, 4) is 11.4 Å². The summed E-state index contributed by atoms with van der Waals surface area (Å²) in [5.41, 5.74) is 1.37. The van der Waals surface area contributed by atoms with Crippen molar-refractivity contribution < 1.29 is 23.1 Å². The second kappa shape index (κ2) is 9.13. The Hall–Kier alpha value is -3.82. The number of nitrogens with one attached hydrogen (secondary N) is 2. The fourth-order valence-corrected chi connectivity index (χ4v) is 3.08. The molecule has 0 aliphatic heterocycles. The maximum absolute atomic E-state index is 13.5.